The third kappa shape index (κ3) is 3.34. The molecule has 1 N–H and O–H groups in total. The van der Waals surface area contributed by atoms with Gasteiger partial charge in [0, 0.05) is 16.0 Å². The molecule has 3 aromatic rings. The van der Waals surface area contributed by atoms with Gasteiger partial charge in [-0.25, -0.2) is 9.97 Å². The number of hydrogen-bond acceptors (Lipinski definition) is 6. The fourth-order valence-corrected chi connectivity index (χ4v) is 3.31. The van der Waals surface area contributed by atoms with Gasteiger partial charge in [-0.2, -0.15) is 0 Å². The number of phenols is 1. The summed E-state index contributed by atoms with van der Waals surface area (Å²) in [6.45, 7) is 0. The highest BCUT2D eigenvalue weighted by molar-refractivity contribution is 7.98. The van der Waals surface area contributed by atoms with Crippen molar-refractivity contribution in [2.45, 2.75) is 10.6 Å². The van der Waals surface area contributed by atoms with Crippen molar-refractivity contribution in [3.05, 3.63) is 47.2 Å². The highest BCUT2D eigenvalue weighted by atomic mass is 35.5. The third-order valence-corrected chi connectivity index (χ3v) is 4.86. The standard InChI is InChI=1S/C17H15ClN2O3S/c1-22-16-17(23-2)20-11(8-19-16)9-24-12-4-5-13-10(7-12)3-6-14(21)15(13)18/h3-8,21H,9H2,1-2H3. The van der Waals surface area contributed by atoms with E-state index in [1.165, 1.54) is 14.2 Å². The molecule has 0 bridgehead atoms. The number of ether oxygens (including phenoxy) is 2. The van der Waals surface area contributed by atoms with Gasteiger partial charge in [-0.15, -0.1) is 11.8 Å². The van der Waals surface area contributed by atoms with Crippen molar-refractivity contribution in [1.29, 1.82) is 0 Å². The van der Waals surface area contributed by atoms with Crippen LogP contribution in [-0.2, 0) is 5.75 Å². The van der Waals surface area contributed by atoms with Crippen molar-refractivity contribution in [3.63, 3.8) is 0 Å². The lowest BCUT2D eigenvalue weighted by Crippen LogP contribution is -1.99. The number of thioether (sulfide) groups is 1. The summed E-state index contributed by atoms with van der Waals surface area (Å²) in [6, 6.07) is 9.34. The molecule has 0 spiro atoms. The lowest BCUT2D eigenvalue weighted by Gasteiger charge is -2.08. The van der Waals surface area contributed by atoms with Crippen molar-refractivity contribution in [2.24, 2.45) is 0 Å². The van der Waals surface area contributed by atoms with Gasteiger partial charge in [0.1, 0.15) is 5.75 Å². The summed E-state index contributed by atoms with van der Waals surface area (Å²) in [7, 11) is 3.06. The van der Waals surface area contributed by atoms with Crippen LogP contribution >= 0.6 is 23.4 Å². The zero-order valence-electron chi connectivity index (χ0n) is 13.1. The Morgan fingerprint density at radius 2 is 1.92 bits per heavy atom. The molecule has 0 unspecified atom stereocenters. The van der Waals surface area contributed by atoms with E-state index in [0.29, 0.717) is 22.5 Å². The average molecular weight is 363 g/mol. The lowest BCUT2D eigenvalue weighted by atomic mass is 10.1. The highest BCUT2D eigenvalue weighted by Crippen LogP contribution is 2.34. The third-order valence-electron chi connectivity index (χ3n) is 3.44. The molecule has 0 radical (unpaired) electrons. The smallest absolute Gasteiger partial charge is 0.278 e. The van der Waals surface area contributed by atoms with Crippen molar-refractivity contribution < 1.29 is 14.6 Å². The summed E-state index contributed by atoms with van der Waals surface area (Å²) in [5.74, 6) is 1.47. The van der Waals surface area contributed by atoms with E-state index < -0.39 is 0 Å². The van der Waals surface area contributed by atoms with Gasteiger partial charge < -0.3 is 14.6 Å². The Bertz CT molecular complexity index is 889. The maximum Gasteiger partial charge on any atom is 0.278 e. The predicted molar refractivity (Wildman–Crippen MR) is 95.3 cm³/mol. The van der Waals surface area contributed by atoms with Gasteiger partial charge in [0.05, 0.1) is 31.1 Å². The molecule has 0 amide bonds. The number of halogens is 1. The number of hydrogen-bond donors (Lipinski definition) is 1. The predicted octanol–water partition coefficient (Wildman–Crippen LogP) is 4.30. The van der Waals surface area contributed by atoms with E-state index in [-0.39, 0.29) is 5.75 Å². The topological polar surface area (TPSA) is 64.5 Å². The Morgan fingerprint density at radius 1 is 1.12 bits per heavy atom. The second-order valence-corrected chi connectivity index (χ2v) is 6.38. The number of rotatable bonds is 5. The number of fused-ring (bicyclic) bond motifs is 1. The summed E-state index contributed by atoms with van der Waals surface area (Å²) >= 11 is 7.74. The van der Waals surface area contributed by atoms with Gasteiger partial charge in [-0.1, -0.05) is 23.7 Å². The Kier molecular flexibility index (Phi) is 4.97. The van der Waals surface area contributed by atoms with Gasteiger partial charge in [-0.3, -0.25) is 0 Å². The normalized spacial score (nSPS) is 10.8. The van der Waals surface area contributed by atoms with Crippen LogP contribution < -0.4 is 9.47 Å². The van der Waals surface area contributed by atoms with E-state index in [1.54, 1.807) is 24.0 Å². The van der Waals surface area contributed by atoms with E-state index in [4.69, 9.17) is 21.1 Å². The Labute approximate surface area is 148 Å². The molecule has 0 aliphatic rings. The minimum atomic E-state index is 0.0881. The SMILES string of the molecule is COc1ncc(CSc2ccc3c(Cl)c(O)ccc3c2)nc1OC. The van der Waals surface area contributed by atoms with Crippen molar-refractivity contribution >= 4 is 34.1 Å². The monoisotopic (exact) mass is 362 g/mol. The first kappa shape index (κ1) is 16.7. The number of phenolic OH excluding ortho intramolecular Hbond substituents is 1. The molecule has 1 aromatic heterocycles. The van der Waals surface area contributed by atoms with Gasteiger partial charge >= 0.3 is 0 Å². The molecule has 2 aromatic carbocycles. The quantitative estimate of drug-likeness (QED) is 0.683. The molecule has 0 aliphatic heterocycles. The molecule has 7 heteroatoms. The van der Waals surface area contributed by atoms with Crippen LogP contribution in [0.5, 0.6) is 17.5 Å². The van der Waals surface area contributed by atoms with E-state index in [9.17, 15) is 5.11 Å². The van der Waals surface area contributed by atoms with Crippen LogP contribution in [0.4, 0.5) is 0 Å². The van der Waals surface area contributed by atoms with Gasteiger partial charge in [0.15, 0.2) is 0 Å². The number of aromatic hydroxyl groups is 1. The van der Waals surface area contributed by atoms with Crippen LogP contribution in [0.1, 0.15) is 5.69 Å². The molecule has 5 nitrogen and oxygen atoms in total. The van der Waals surface area contributed by atoms with Crippen molar-refractivity contribution in [1.82, 2.24) is 9.97 Å². The first-order valence-corrected chi connectivity index (χ1v) is 8.46. The fourth-order valence-electron chi connectivity index (χ4n) is 2.24. The maximum atomic E-state index is 9.66. The van der Waals surface area contributed by atoms with Gasteiger partial charge in [0.2, 0.25) is 0 Å². The zero-order chi connectivity index (χ0) is 17.1. The van der Waals surface area contributed by atoms with E-state index >= 15 is 0 Å². The Hall–Kier alpha value is -2.18. The Balaban J connectivity index is 1.79. The molecule has 1 heterocycles. The molecule has 0 fully saturated rings. The molecular weight excluding hydrogens is 348 g/mol. The molecule has 0 aliphatic carbocycles. The summed E-state index contributed by atoms with van der Waals surface area (Å²) < 4.78 is 10.2. The molecule has 0 atom stereocenters. The summed E-state index contributed by atoms with van der Waals surface area (Å²) in [4.78, 5) is 9.63. The average Bonchev–Trinajstić information content (AvgIpc) is 2.62. The molecule has 24 heavy (non-hydrogen) atoms. The highest BCUT2D eigenvalue weighted by Gasteiger charge is 2.09. The van der Waals surface area contributed by atoms with E-state index in [1.807, 2.05) is 24.3 Å². The van der Waals surface area contributed by atoms with Crippen molar-refractivity contribution in [3.8, 4) is 17.5 Å². The molecular formula is C17H15ClN2O3S. The number of nitrogens with zero attached hydrogens (tertiary/aromatic N) is 2. The number of benzene rings is 2. The Morgan fingerprint density at radius 3 is 2.67 bits per heavy atom. The van der Waals surface area contributed by atoms with Crippen molar-refractivity contribution in [2.75, 3.05) is 14.2 Å². The summed E-state index contributed by atoms with van der Waals surface area (Å²) in [5, 5.41) is 11.8. The molecule has 0 saturated carbocycles. The zero-order valence-corrected chi connectivity index (χ0v) is 14.7. The van der Waals surface area contributed by atoms with E-state index in [2.05, 4.69) is 9.97 Å². The van der Waals surface area contributed by atoms with Crippen LogP contribution in [0.25, 0.3) is 10.8 Å². The van der Waals surface area contributed by atoms with Crippen LogP contribution in [0.3, 0.4) is 0 Å². The van der Waals surface area contributed by atoms with Crippen LogP contribution in [0.2, 0.25) is 5.02 Å². The number of aromatic nitrogens is 2. The fraction of sp³-hybridized carbons (Fsp3) is 0.176. The minimum Gasteiger partial charge on any atom is -0.506 e. The second-order valence-electron chi connectivity index (χ2n) is 4.95. The summed E-state index contributed by atoms with van der Waals surface area (Å²) in [6.07, 6.45) is 1.67. The molecule has 0 saturated heterocycles. The van der Waals surface area contributed by atoms with Gasteiger partial charge in [-0.05, 0) is 23.6 Å². The first-order valence-electron chi connectivity index (χ1n) is 7.10. The van der Waals surface area contributed by atoms with Crippen LogP contribution in [0.15, 0.2) is 41.4 Å². The van der Waals surface area contributed by atoms with E-state index in [0.717, 1.165) is 21.4 Å². The minimum absolute atomic E-state index is 0.0881. The van der Waals surface area contributed by atoms with Crippen LogP contribution in [-0.4, -0.2) is 29.3 Å². The van der Waals surface area contributed by atoms with Crippen LogP contribution in [0, 0.1) is 0 Å². The maximum absolute atomic E-state index is 9.66. The number of methoxy groups -OCH3 is 2. The van der Waals surface area contributed by atoms with Gasteiger partial charge in [0.25, 0.3) is 11.8 Å². The summed E-state index contributed by atoms with van der Waals surface area (Å²) in [5.41, 5.74) is 0.793. The largest absolute Gasteiger partial charge is 0.506 e. The molecule has 124 valence electrons. The first-order chi connectivity index (χ1) is 11.6. The molecule has 3 rings (SSSR count). The lowest BCUT2D eigenvalue weighted by molar-refractivity contribution is 0.330. The second kappa shape index (κ2) is 7.15.